The van der Waals surface area contributed by atoms with Crippen molar-refractivity contribution < 1.29 is 18.0 Å². The molecule has 1 aromatic carbocycles. The Morgan fingerprint density at radius 2 is 2.00 bits per heavy atom. The Balaban J connectivity index is 2.49. The Morgan fingerprint density at radius 3 is 2.50 bits per heavy atom. The van der Waals surface area contributed by atoms with Crippen molar-refractivity contribution in [1.82, 2.24) is 9.78 Å². The van der Waals surface area contributed by atoms with E-state index in [0.29, 0.717) is 5.69 Å². The van der Waals surface area contributed by atoms with Crippen LogP contribution < -0.4 is 0 Å². The van der Waals surface area contributed by atoms with Gasteiger partial charge < -0.3 is 0 Å². The molecule has 0 unspecified atom stereocenters. The van der Waals surface area contributed by atoms with Gasteiger partial charge in [0.1, 0.15) is 5.69 Å². The maximum atomic E-state index is 12.6. The Hall–Kier alpha value is -1.82. The lowest BCUT2D eigenvalue weighted by Crippen LogP contribution is -2.11. The van der Waals surface area contributed by atoms with Gasteiger partial charge in [0.25, 0.3) is 0 Å². The number of alkyl halides is 3. The zero-order valence-electron chi connectivity index (χ0n) is 10.6. The number of ketones is 1. The van der Waals surface area contributed by atoms with Gasteiger partial charge in [-0.15, -0.1) is 0 Å². The van der Waals surface area contributed by atoms with Crippen molar-refractivity contribution >= 4 is 17.4 Å². The van der Waals surface area contributed by atoms with Crippen molar-refractivity contribution in [1.29, 1.82) is 0 Å². The van der Waals surface area contributed by atoms with Crippen molar-refractivity contribution in [3.8, 4) is 0 Å². The standard InChI is InChI=1S/C13H10ClF3N2O/c1-7-10(14)11(19(2)18-7)12(20)8-4-3-5-9(6-8)13(15,16)17/h3-6H,1-2H3. The second-order valence-electron chi connectivity index (χ2n) is 4.28. The molecule has 1 heterocycles. The number of nitrogens with zero attached hydrogens (tertiary/aromatic N) is 2. The molecule has 2 rings (SSSR count). The van der Waals surface area contributed by atoms with Crippen LogP contribution in [0.4, 0.5) is 13.2 Å². The normalized spacial score (nSPS) is 11.7. The van der Waals surface area contributed by atoms with Gasteiger partial charge in [0, 0.05) is 12.6 Å². The van der Waals surface area contributed by atoms with Crippen LogP contribution >= 0.6 is 11.6 Å². The van der Waals surface area contributed by atoms with Gasteiger partial charge in [-0.25, -0.2) is 0 Å². The smallest absolute Gasteiger partial charge is 0.287 e. The van der Waals surface area contributed by atoms with Gasteiger partial charge in [0.15, 0.2) is 0 Å². The summed E-state index contributed by atoms with van der Waals surface area (Å²) < 4.78 is 39.2. The van der Waals surface area contributed by atoms with E-state index in [1.807, 2.05) is 0 Å². The second kappa shape index (κ2) is 4.94. The maximum Gasteiger partial charge on any atom is 0.416 e. The molecule has 20 heavy (non-hydrogen) atoms. The average molecular weight is 303 g/mol. The Bertz CT molecular complexity index is 677. The molecule has 0 fully saturated rings. The lowest BCUT2D eigenvalue weighted by atomic mass is 10.0. The van der Waals surface area contributed by atoms with Crippen molar-refractivity contribution in [2.24, 2.45) is 7.05 Å². The van der Waals surface area contributed by atoms with Crippen LogP contribution in [0.2, 0.25) is 5.02 Å². The zero-order chi connectivity index (χ0) is 15.1. The van der Waals surface area contributed by atoms with E-state index in [2.05, 4.69) is 5.10 Å². The third-order valence-corrected chi connectivity index (χ3v) is 3.27. The minimum absolute atomic E-state index is 0.0727. The molecule has 7 heteroatoms. The fourth-order valence-corrected chi connectivity index (χ4v) is 2.10. The third kappa shape index (κ3) is 2.56. The molecule has 0 aliphatic heterocycles. The average Bonchev–Trinajstić information content (AvgIpc) is 2.62. The largest absolute Gasteiger partial charge is 0.416 e. The van der Waals surface area contributed by atoms with Crippen LogP contribution in [0.5, 0.6) is 0 Å². The van der Waals surface area contributed by atoms with Crippen LogP contribution in [0.3, 0.4) is 0 Å². The molecular formula is C13H10ClF3N2O. The number of aromatic nitrogens is 2. The summed E-state index contributed by atoms with van der Waals surface area (Å²) in [4.78, 5) is 12.3. The van der Waals surface area contributed by atoms with E-state index >= 15 is 0 Å². The van der Waals surface area contributed by atoms with Crippen LogP contribution in [-0.2, 0) is 13.2 Å². The summed E-state index contributed by atoms with van der Waals surface area (Å²) in [6.45, 7) is 1.62. The summed E-state index contributed by atoms with van der Waals surface area (Å²) >= 11 is 5.96. The summed E-state index contributed by atoms with van der Waals surface area (Å²) in [5.41, 5.74) is -0.434. The number of aryl methyl sites for hydroxylation is 2. The summed E-state index contributed by atoms with van der Waals surface area (Å²) in [5, 5.41) is 4.12. The molecule has 3 nitrogen and oxygen atoms in total. The summed E-state index contributed by atoms with van der Waals surface area (Å²) in [5.74, 6) is -0.593. The quantitative estimate of drug-likeness (QED) is 0.794. The molecule has 0 bridgehead atoms. The highest BCUT2D eigenvalue weighted by Crippen LogP contribution is 2.30. The van der Waals surface area contributed by atoms with Gasteiger partial charge in [-0.05, 0) is 19.1 Å². The lowest BCUT2D eigenvalue weighted by Gasteiger charge is -2.08. The fourth-order valence-electron chi connectivity index (χ4n) is 1.85. The number of hydrogen-bond acceptors (Lipinski definition) is 2. The molecule has 2 aromatic rings. The minimum Gasteiger partial charge on any atom is -0.287 e. The van der Waals surface area contributed by atoms with E-state index in [4.69, 9.17) is 11.6 Å². The number of halogens is 4. The molecule has 0 aliphatic carbocycles. The summed E-state index contributed by atoms with van der Waals surface area (Å²) in [7, 11) is 1.51. The highest BCUT2D eigenvalue weighted by molar-refractivity contribution is 6.35. The lowest BCUT2D eigenvalue weighted by molar-refractivity contribution is -0.137. The highest BCUT2D eigenvalue weighted by atomic mass is 35.5. The molecule has 106 valence electrons. The second-order valence-corrected chi connectivity index (χ2v) is 4.66. The SMILES string of the molecule is Cc1nn(C)c(C(=O)c2cccc(C(F)(F)F)c2)c1Cl. The third-order valence-electron chi connectivity index (χ3n) is 2.82. The van der Waals surface area contributed by atoms with Crippen LogP contribution in [0.25, 0.3) is 0 Å². The van der Waals surface area contributed by atoms with E-state index < -0.39 is 17.5 Å². The first-order chi connectivity index (χ1) is 9.21. The first-order valence-electron chi connectivity index (χ1n) is 5.63. The first-order valence-corrected chi connectivity index (χ1v) is 6.00. The predicted molar refractivity (Wildman–Crippen MR) is 67.8 cm³/mol. The van der Waals surface area contributed by atoms with Crippen molar-refractivity contribution in [3.05, 3.63) is 51.8 Å². The van der Waals surface area contributed by atoms with E-state index in [1.165, 1.54) is 23.9 Å². The van der Waals surface area contributed by atoms with E-state index in [0.717, 1.165) is 12.1 Å². The van der Waals surface area contributed by atoms with E-state index in [9.17, 15) is 18.0 Å². The molecule has 0 saturated carbocycles. The molecule has 0 aliphatic rings. The van der Waals surface area contributed by atoms with Crippen molar-refractivity contribution in [2.45, 2.75) is 13.1 Å². The summed E-state index contributed by atoms with van der Waals surface area (Å²) in [6.07, 6.45) is -4.50. The van der Waals surface area contributed by atoms with Crippen molar-refractivity contribution in [3.63, 3.8) is 0 Å². The number of carbonyl (C=O) groups excluding carboxylic acids is 1. The summed E-state index contributed by atoms with van der Waals surface area (Å²) in [6, 6.07) is 4.22. The van der Waals surface area contributed by atoms with E-state index in [1.54, 1.807) is 6.92 Å². The molecule has 0 spiro atoms. The Morgan fingerprint density at radius 1 is 1.35 bits per heavy atom. The minimum atomic E-state index is -4.50. The van der Waals surface area contributed by atoms with Crippen molar-refractivity contribution in [2.75, 3.05) is 0 Å². The highest BCUT2D eigenvalue weighted by Gasteiger charge is 2.31. The molecule has 0 radical (unpaired) electrons. The monoisotopic (exact) mass is 302 g/mol. The number of benzene rings is 1. The van der Waals surface area contributed by atoms with Crippen LogP contribution in [0.1, 0.15) is 27.3 Å². The molecular weight excluding hydrogens is 293 g/mol. The fraction of sp³-hybridized carbons (Fsp3) is 0.231. The van der Waals surface area contributed by atoms with Crippen LogP contribution in [0, 0.1) is 6.92 Å². The topological polar surface area (TPSA) is 34.9 Å². The Kier molecular flexibility index (Phi) is 3.60. The van der Waals surface area contributed by atoms with Gasteiger partial charge in [0.2, 0.25) is 5.78 Å². The van der Waals surface area contributed by atoms with Crippen LogP contribution in [-0.4, -0.2) is 15.6 Å². The van der Waals surface area contributed by atoms with Gasteiger partial charge >= 0.3 is 6.18 Å². The van der Waals surface area contributed by atoms with E-state index in [-0.39, 0.29) is 16.3 Å². The first kappa shape index (κ1) is 14.6. The maximum absolute atomic E-state index is 12.6. The zero-order valence-corrected chi connectivity index (χ0v) is 11.4. The predicted octanol–water partition coefficient (Wildman–Crippen LogP) is 3.63. The number of carbonyl (C=O) groups is 1. The van der Waals surface area contributed by atoms with Gasteiger partial charge in [0.05, 0.1) is 16.3 Å². The molecule has 0 amide bonds. The van der Waals surface area contributed by atoms with Gasteiger partial charge in [-0.2, -0.15) is 18.3 Å². The van der Waals surface area contributed by atoms with Gasteiger partial charge in [-0.1, -0.05) is 23.7 Å². The number of rotatable bonds is 2. The molecule has 0 saturated heterocycles. The number of hydrogen-bond donors (Lipinski definition) is 0. The van der Waals surface area contributed by atoms with Gasteiger partial charge in [-0.3, -0.25) is 9.48 Å². The molecule has 1 aromatic heterocycles. The molecule has 0 N–H and O–H groups in total. The molecule has 0 atom stereocenters. The van der Waals surface area contributed by atoms with Crippen LogP contribution in [0.15, 0.2) is 24.3 Å². The Labute approximate surface area is 118 Å².